The van der Waals surface area contributed by atoms with Crippen molar-refractivity contribution in [2.75, 3.05) is 0 Å². The van der Waals surface area contributed by atoms with Crippen LogP contribution in [0.4, 0.5) is 8.78 Å². The van der Waals surface area contributed by atoms with Gasteiger partial charge in [-0.25, -0.2) is 13.8 Å². The number of primary amides is 1. The number of benzene rings is 1. The average Bonchev–Trinajstić information content (AvgIpc) is 2.51. The molecule has 0 saturated carbocycles. The van der Waals surface area contributed by atoms with Gasteiger partial charge in [0, 0.05) is 18.7 Å². The number of pyridine rings is 1. The van der Waals surface area contributed by atoms with E-state index in [1.807, 2.05) is 0 Å². The van der Waals surface area contributed by atoms with Gasteiger partial charge in [0.1, 0.15) is 22.3 Å². The molecule has 2 aromatic rings. The summed E-state index contributed by atoms with van der Waals surface area (Å²) in [6.07, 6.45) is 1.38. The summed E-state index contributed by atoms with van der Waals surface area (Å²) in [4.78, 5) is 27.6. The van der Waals surface area contributed by atoms with E-state index >= 15 is 0 Å². The molecule has 1 heterocycles. The monoisotopic (exact) mass is 397 g/mol. The highest BCUT2D eigenvalue weighted by molar-refractivity contribution is 9.10. The van der Waals surface area contributed by atoms with Crippen LogP contribution in [0.5, 0.6) is 0 Å². The Balaban J connectivity index is 2.06. The number of nitrogens with two attached hydrogens (primary N) is 1. The van der Waals surface area contributed by atoms with E-state index in [1.165, 1.54) is 6.07 Å². The van der Waals surface area contributed by atoms with Crippen molar-refractivity contribution in [3.8, 4) is 0 Å². The molecule has 2 rings (SSSR count). The van der Waals surface area contributed by atoms with Crippen molar-refractivity contribution in [2.24, 2.45) is 5.73 Å². The van der Waals surface area contributed by atoms with Crippen LogP contribution in [0.2, 0.25) is 0 Å². The third-order valence-corrected chi connectivity index (χ3v) is 4.02. The van der Waals surface area contributed by atoms with E-state index in [2.05, 4.69) is 26.2 Å². The first kappa shape index (κ1) is 18.0. The fourth-order valence-corrected chi connectivity index (χ4v) is 2.51. The number of carbonyl (C=O) groups excluding carboxylic acids is 2. The highest BCUT2D eigenvalue weighted by Gasteiger charge is 2.20. The minimum Gasteiger partial charge on any atom is -0.368 e. The second-order valence-electron chi connectivity index (χ2n) is 5.09. The van der Waals surface area contributed by atoms with Gasteiger partial charge in [-0.05, 0) is 39.2 Å². The predicted octanol–water partition coefficient (Wildman–Crippen LogP) is 1.88. The van der Waals surface area contributed by atoms with E-state index in [4.69, 9.17) is 5.73 Å². The van der Waals surface area contributed by atoms with Crippen LogP contribution in [0.25, 0.3) is 0 Å². The summed E-state index contributed by atoms with van der Waals surface area (Å²) >= 11 is 3.25. The van der Waals surface area contributed by atoms with Crippen LogP contribution in [0.1, 0.15) is 11.1 Å². The van der Waals surface area contributed by atoms with Gasteiger partial charge in [0.25, 0.3) is 0 Å². The third kappa shape index (κ3) is 4.82. The highest BCUT2D eigenvalue weighted by Crippen LogP contribution is 2.15. The van der Waals surface area contributed by atoms with Gasteiger partial charge in [-0.2, -0.15) is 0 Å². The number of hydrogen-bond donors (Lipinski definition) is 2. The van der Waals surface area contributed by atoms with Crippen LogP contribution in [0, 0.1) is 11.6 Å². The summed E-state index contributed by atoms with van der Waals surface area (Å²) in [5.41, 5.74) is 6.03. The molecule has 0 spiro atoms. The number of carbonyl (C=O) groups is 2. The minimum absolute atomic E-state index is 0.0275. The fourth-order valence-electron chi connectivity index (χ4n) is 2.10. The summed E-state index contributed by atoms with van der Waals surface area (Å²) in [5.74, 6) is -2.87. The third-order valence-electron chi connectivity index (χ3n) is 3.31. The summed E-state index contributed by atoms with van der Waals surface area (Å²) in [6.45, 7) is 0. The Hall–Kier alpha value is -2.35. The maximum absolute atomic E-state index is 13.6. The van der Waals surface area contributed by atoms with Crippen LogP contribution in [0.3, 0.4) is 0 Å². The lowest BCUT2D eigenvalue weighted by Gasteiger charge is -2.16. The molecular weight excluding hydrogens is 384 g/mol. The number of halogens is 3. The summed E-state index contributed by atoms with van der Waals surface area (Å²) < 4.78 is 27.0. The van der Waals surface area contributed by atoms with Gasteiger partial charge < -0.3 is 11.1 Å². The SMILES string of the molecule is NC(=O)[C@@H](Cc1cccnc1Br)NC(=O)Cc1ccc(F)cc1F. The molecule has 1 aromatic heterocycles. The van der Waals surface area contributed by atoms with Crippen LogP contribution < -0.4 is 11.1 Å². The second-order valence-corrected chi connectivity index (χ2v) is 5.84. The van der Waals surface area contributed by atoms with Gasteiger partial charge in [0.15, 0.2) is 0 Å². The molecule has 24 heavy (non-hydrogen) atoms. The van der Waals surface area contributed by atoms with Crippen LogP contribution in [0.15, 0.2) is 41.1 Å². The molecule has 0 bridgehead atoms. The van der Waals surface area contributed by atoms with E-state index in [0.29, 0.717) is 16.2 Å². The molecule has 3 N–H and O–H groups in total. The molecule has 0 unspecified atom stereocenters. The lowest BCUT2D eigenvalue weighted by Crippen LogP contribution is -2.46. The maximum Gasteiger partial charge on any atom is 0.240 e. The zero-order valence-electron chi connectivity index (χ0n) is 12.4. The van der Waals surface area contributed by atoms with Crippen LogP contribution in [-0.2, 0) is 22.4 Å². The van der Waals surface area contributed by atoms with E-state index < -0.39 is 29.5 Å². The molecule has 1 aromatic carbocycles. The topological polar surface area (TPSA) is 85.1 Å². The first-order chi connectivity index (χ1) is 11.4. The van der Waals surface area contributed by atoms with E-state index in [0.717, 1.165) is 6.07 Å². The molecule has 1 atom stereocenters. The fraction of sp³-hybridized carbons (Fsp3) is 0.188. The quantitative estimate of drug-likeness (QED) is 0.729. The van der Waals surface area contributed by atoms with Crippen molar-refractivity contribution in [2.45, 2.75) is 18.9 Å². The summed E-state index contributed by atoms with van der Waals surface area (Å²) in [7, 11) is 0. The first-order valence-electron chi connectivity index (χ1n) is 6.99. The molecule has 8 heteroatoms. The van der Waals surface area contributed by atoms with Crippen molar-refractivity contribution < 1.29 is 18.4 Å². The summed E-state index contributed by atoms with van der Waals surface area (Å²) in [5, 5.41) is 2.46. The molecule has 0 aliphatic carbocycles. The number of nitrogens with zero attached hydrogens (tertiary/aromatic N) is 1. The standard InChI is InChI=1S/C16H14BrF2N3O2/c17-15-10(2-1-5-21-15)6-13(16(20)24)22-14(23)7-9-3-4-11(18)8-12(9)19/h1-5,8,13H,6-7H2,(H2,20,24)(H,22,23)/t13-/m1/s1. The largest absolute Gasteiger partial charge is 0.368 e. The number of hydrogen-bond acceptors (Lipinski definition) is 3. The number of nitrogens with one attached hydrogen (secondary N) is 1. The van der Waals surface area contributed by atoms with Crippen molar-refractivity contribution in [1.82, 2.24) is 10.3 Å². The minimum atomic E-state index is -0.971. The summed E-state index contributed by atoms with van der Waals surface area (Å²) in [6, 6.07) is 5.39. The zero-order valence-corrected chi connectivity index (χ0v) is 14.0. The molecular formula is C16H14BrF2N3O2. The van der Waals surface area contributed by atoms with Gasteiger partial charge in [0.05, 0.1) is 6.42 Å². The average molecular weight is 398 g/mol. The molecule has 0 radical (unpaired) electrons. The number of aromatic nitrogens is 1. The molecule has 0 aliphatic rings. The van der Waals surface area contributed by atoms with E-state index in [1.54, 1.807) is 18.3 Å². The Morgan fingerprint density at radius 1 is 1.25 bits per heavy atom. The lowest BCUT2D eigenvalue weighted by molar-refractivity contribution is -0.127. The lowest BCUT2D eigenvalue weighted by atomic mass is 10.1. The Morgan fingerprint density at radius 3 is 2.62 bits per heavy atom. The van der Waals surface area contributed by atoms with Gasteiger partial charge >= 0.3 is 0 Å². The van der Waals surface area contributed by atoms with Gasteiger partial charge in [0.2, 0.25) is 11.8 Å². The van der Waals surface area contributed by atoms with Crippen molar-refractivity contribution >= 4 is 27.7 Å². The van der Waals surface area contributed by atoms with Crippen LogP contribution >= 0.6 is 15.9 Å². The molecule has 0 fully saturated rings. The van der Waals surface area contributed by atoms with Crippen molar-refractivity contribution in [1.29, 1.82) is 0 Å². The Morgan fingerprint density at radius 2 is 2.00 bits per heavy atom. The first-order valence-corrected chi connectivity index (χ1v) is 7.78. The van der Waals surface area contributed by atoms with Crippen molar-refractivity contribution in [3.05, 3.63) is 63.9 Å². The molecule has 2 amide bonds. The number of amides is 2. The second kappa shape index (κ2) is 7.96. The van der Waals surface area contributed by atoms with Gasteiger partial charge in [-0.3, -0.25) is 9.59 Å². The Kier molecular flexibility index (Phi) is 5.97. The maximum atomic E-state index is 13.6. The molecule has 0 saturated heterocycles. The Bertz CT molecular complexity index is 771. The smallest absolute Gasteiger partial charge is 0.240 e. The highest BCUT2D eigenvalue weighted by atomic mass is 79.9. The number of rotatable bonds is 6. The zero-order chi connectivity index (χ0) is 17.7. The normalized spacial score (nSPS) is 11.8. The molecule has 5 nitrogen and oxygen atoms in total. The Labute approximate surface area is 145 Å². The molecule has 0 aliphatic heterocycles. The van der Waals surface area contributed by atoms with Crippen LogP contribution in [-0.4, -0.2) is 22.8 Å². The van der Waals surface area contributed by atoms with E-state index in [9.17, 15) is 18.4 Å². The van der Waals surface area contributed by atoms with E-state index in [-0.39, 0.29) is 18.4 Å². The van der Waals surface area contributed by atoms with Crippen molar-refractivity contribution in [3.63, 3.8) is 0 Å². The molecule has 126 valence electrons. The van der Waals surface area contributed by atoms with Gasteiger partial charge in [-0.1, -0.05) is 12.1 Å². The van der Waals surface area contributed by atoms with Gasteiger partial charge in [-0.15, -0.1) is 0 Å². The predicted molar refractivity (Wildman–Crippen MR) is 86.8 cm³/mol.